The molecule has 0 bridgehead atoms. The van der Waals surface area contributed by atoms with Gasteiger partial charge in [0.15, 0.2) is 0 Å². The van der Waals surface area contributed by atoms with Crippen LogP contribution in [0.5, 0.6) is 11.5 Å². The number of rotatable bonds is 5. The fraction of sp³-hybridized carbons (Fsp3) is 0.269. The Hall–Kier alpha value is -3.38. The Morgan fingerprint density at radius 1 is 0.875 bits per heavy atom. The summed E-state index contributed by atoms with van der Waals surface area (Å²) in [5, 5.41) is 3.12. The van der Waals surface area contributed by atoms with Crippen LogP contribution in [-0.4, -0.2) is 50.1 Å². The van der Waals surface area contributed by atoms with Gasteiger partial charge in [0.1, 0.15) is 17.3 Å². The molecule has 0 unspecified atom stereocenters. The largest absolute Gasteiger partial charge is 0.457 e. The lowest BCUT2D eigenvalue weighted by atomic mass is 9.87. The number of nitrogens with zero attached hydrogens (tertiary/aromatic N) is 2. The fourth-order valence-electron chi connectivity index (χ4n) is 4.55. The molecule has 3 aromatic carbocycles. The number of piperazine rings is 1. The van der Waals surface area contributed by atoms with E-state index in [1.807, 2.05) is 60.7 Å². The van der Waals surface area contributed by atoms with Gasteiger partial charge in [-0.3, -0.25) is 9.69 Å². The van der Waals surface area contributed by atoms with Gasteiger partial charge in [0.25, 0.3) is 0 Å². The summed E-state index contributed by atoms with van der Waals surface area (Å²) in [4.78, 5) is 17.6. The van der Waals surface area contributed by atoms with Crippen molar-refractivity contribution in [3.05, 3.63) is 89.7 Å². The first-order valence-electron chi connectivity index (χ1n) is 11.1. The van der Waals surface area contributed by atoms with Crippen LogP contribution in [0.15, 0.2) is 72.8 Å². The average Bonchev–Trinajstić information content (AvgIpc) is 2.83. The first-order chi connectivity index (χ1) is 15.7. The maximum atomic E-state index is 14.0. The zero-order chi connectivity index (χ0) is 21.9. The summed E-state index contributed by atoms with van der Waals surface area (Å²) >= 11 is 0. The Bertz CT molecular complexity index is 1070. The molecule has 2 aliphatic rings. The quantitative estimate of drug-likeness (QED) is 0.663. The summed E-state index contributed by atoms with van der Waals surface area (Å²) in [6.07, 6.45) is 0. The normalized spacial score (nSPS) is 16.1. The van der Waals surface area contributed by atoms with Crippen molar-refractivity contribution in [3.63, 3.8) is 0 Å². The van der Waals surface area contributed by atoms with Crippen LogP contribution in [0.4, 0.5) is 10.1 Å². The van der Waals surface area contributed by atoms with E-state index in [0.717, 1.165) is 55.3 Å². The second-order valence-corrected chi connectivity index (χ2v) is 8.18. The molecule has 32 heavy (non-hydrogen) atoms. The molecule has 164 valence electrons. The number of halogens is 1. The van der Waals surface area contributed by atoms with E-state index >= 15 is 0 Å². The first-order valence-corrected chi connectivity index (χ1v) is 11.1. The SMILES string of the molecule is O=C(NCCN1CCN(c2ccccc2F)CC1)C1c2ccccc2Oc2ccccc21. The third kappa shape index (κ3) is 4.06. The number of ether oxygens (including phenoxy) is 1. The van der Waals surface area contributed by atoms with Gasteiger partial charge in [0, 0.05) is 50.4 Å². The first kappa shape index (κ1) is 20.5. The zero-order valence-electron chi connectivity index (χ0n) is 17.8. The number of para-hydroxylation sites is 3. The molecule has 0 aromatic heterocycles. The maximum absolute atomic E-state index is 14.0. The van der Waals surface area contributed by atoms with E-state index < -0.39 is 0 Å². The smallest absolute Gasteiger partial charge is 0.232 e. The number of hydrogen-bond acceptors (Lipinski definition) is 4. The summed E-state index contributed by atoms with van der Waals surface area (Å²) in [6, 6.07) is 22.3. The van der Waals surface area contributed by atoms with E-state index in [0.29, 0.717) is 12.2 Å². The van der Waals surface area contributed by atoms with Crippen LogP contribution in [-0.2, 0) is 4.79 Å². The Kier molecular flexibility index (Phi) is 5.77. The van der Waals surface area contributed by atoms with Crippen LogP contribution in [0.1, 0.15) is 17.0 Å². The van der Waals surface area contributed by atoms with Crippen molar-refractivity contribution in [3.8, 4) is 11.5 Å². The van der Waals surface area contributed by atoms with E-state index in [1.54, 1.807) is 6.07 Å². The molecule has 2 aliphatic heterocycles. The molecule has 1 fully saturated rings. The van der Waals surface area contributed by atoms with Crippen molar-refractivity contribution in [1.82, 2.24) is 10.2 Å². The van der Waals surface area contributed by atoms with Crippen molar-refractivity contribution in [1.29, 1.82) is 0 Å². The minimum absolute atomic E-state index is 0.0156. The number of carbonyl (C=O) groups excluding carboxylic acids is 1. The van der Waals surface area contributed by atoms with E-state index in [4.69, 9.17) is 4.74 Å². The summed E-state index contributed by atoms with van der Waals surface area (Å²) in [5.41, 5.74) is 2.45. The van der Waals surface area contributed by atoms with E-state index in [1.165, 1.54) is 6.07 Å². The van der Waals surface area contributed by atoms with Gasteiger partial charge in [0.2, 0.25) is 5.91 Å². The molecule has 0 saturated carbocycles. The minimum atomic E-state index is -0.381. The van der Waals surface area contributed by atoms with Crippen molar-refractivity contribution in [2.45, 2.75) is 5.92 Å². The van der Waals surface area contributed by atoms with Crippen LogP contribution in [0.25, 0.3) is 0 Å². The van der Waals surface area contributed by atoms with Crippen molar-refractivity contribution in [2.24, 2.45) is 0 Å². The predicted octanol–water partition coefficient (Wildman–Crippen LogP) is 4.00. The molecule has 1 N–H and O–H groups in total. The van der Waals surface area contributed by atoms with Gasteiger partial charge in [-0.15, -0.1) is 0 Å². The highest BCUT2D eigenvalue weighted by Crippen LogP contribution is 2.43. The van der Waals surface area contributed by atoms with Crippen molar-refractivity contribution < 1.29 is 13.9 Å². The third-order valence-electron chi connectivity index (χ3n) is 6.23. The molecule has 0 spiro atoms. The maximum Gasteiger partial charge on any atom is 0.232 e. The fourth-order valence-corrected chi connectivity index (χ4v) is 4.55. The van der Waals surface area contributed by atoms with E-state index in [9.17, 15) is 9.18 Å². The van der Waals surface area contributed by atoms with Gasteiger partial charge in [-0.05, 0) is 24.3 Å². The highest BCUT2D eigenvalue weighted by atomic mass is 19.1. The molecule has 1 amide bonds. The second-order valence-electron chi connectivity index (χ2n) is 8.18. The van der Waals surface area contributed by atoms with Crippen LogP contribution < -0.4 is 15.0 Å². The lowest BCUT2D eigenvalue weighted by Crippen LogP contribution is -2.49. The number of nitrogens with one attached hydrogen (secondary N) is 1. The Labute approximate surface area is 187 Å². The van der Waals surface area contributed by atoms with Crippen LogP contribution >= 0.6 is 0 Å². The van der Waals surface area contributed by atoms with Gasteiger partial charge in [-0.2, -0.15) is 0 Å². The number of hydrogen-bond donors (Lipinski definition) is 1. The molecular formula is C26H26FN3O2. The van der Waals surface area contributed by atoms with Gasteiger partial charge >= 0.3 is 0 Å². The molecule has 3 aromatic rings. The number of amides is 1. The zero-order valence-corrected chi connectivity index (χ0v) is 17.8. The summed E-state index contributed by atoms with van der Waals surface area (Å²) in [5.74, 6) is 0.892. The molecule has 1 saturated heterocycles. The second kappa shape index (κ2) is 9.01. The number of fused-ring (bicyclic) bond motifs is 2. The molecule has 0 aliphatic carbocycles. The summed E-state index contributed by atoms with van der Waals surface area (Å²) < 4.78 is 20.0. The Morgan fingerprint density at radius 3 is 2.12 bits per heavy atom. The van der Waals surface area contributed by atoms with Crippen molar-refractivity contribution in [2.75, 3.05) is 44.2 Å². The van der Waals surface area contributed by atoms with E-state index in [-0.39, 0.29) is 17.6 Å². The van der Waals surface area contributed by atoms with Gasteiger partial charge in [-0.1, -0.05) is 48.5 Å². The molecule has 0 atom stereocenters. The number of anilines is 1. The van der Waals surface area contributed by atoms with Gasteiger partial charge in [0.05, 0.1) is 11.6 Å². The lowest BCUT2D eigenvalue weighted by Gasteiger charge is -2.36. The summed E-state index contributed by atoms with van der Waals surface area (Å²) in [7, 11) is 0. The monoisotopic (exact) mass is 431 g/mol. The highest BCUT2D eigenvalue weighted by molar-refractivity contribution is 5.89. The van der Waals surface area contributed by atoms with Crippen LogP contribution in [0, 0.1) is 5.82 Å². The predicted molar refractivity (Wildman–Crippen MR) is 123 cm³/mol. The Balaban J connectivity index is 1.18. The lowest BCUT2D eigenvalue weighted by molar-refractivity contribution is -0.121. The van der Waals surface area contributed by atoms with Crippen LogP contribution in [0.3, 0.4) is 0 Å². The topological polar surface area (TPSA) is 44.8 Å². The van der Waals surface area contributed by atoms with Crippen molar-refractivity contribution >= 4 is 11.6 Å². The molecule has 2 heterocycles. The average molecular weight is 432 g/mol. The van der Waals surface area contributed by atoms with Gasteiger partial charge < -0.3 is 15.0 Å². The standard InChI is InChI=1S/C26H26FN3O2/c27-21-9-3-4-10-22(21)30-17-15-29(16-18-30)14-13-28-26(31)25-19-7-1-5-11-23(19)32-24-12-6-2-8-20(24)25/h1-12,25H,13-18H2,(H,28,31). The molecule has 5 nitrogen and oxygen atoms in total. The van der Waals surface area contributed by atoms with Crippen LogP contribution in [0.2, 0.25) is 0 Å². The number of carbonyl (C=O) groups is 1. The van der Waals surface area contributed by atoms with E-state index in [2.05, 4.69) is 15.1 Å². The molecular weight excluding hydrogens is 405 g/mol. The summed E-state index contributed by atoms with van der Waals surface area (Å²) in [6.45, 7) is 4.56. The molecule has 5 rings (SSSR count). The third-order valence-corrected chi connectivity index (χ3v) is 6.23. The highest BCUT2D eigenvalue weighted by Gasteiger charge is 2.32. The minimum Gasteiger partial charge on any atom is -0.457 e. The molecule has 0 radical (unpaired) electrons. The number of benzene rings is 3. The van der Waals surface area contributed by atoms with Gasteiger partial charge in [-0.25, -0.2) is 4.39 Å². The Morgan fingerprint density at radius 2 is 1.47 bits per heavy atom. The molecule has 6 heteroatoms.